The maximum atomic E-state index is 13.0. The smallest absolute Gasteiger partial charge is 0.242 e. The number of amidine groups is 1. The maximum absolute atomic E-state index is 13.0. The van der Waals surface area contributed by atoms with E-state index in [1.54, 1.807) is 24.3 Å². The fourth-order valence-electron chi connectivity index (χ4n) is 3.46. The number of benzene rings is 2. The van der Waals surface area contributed by atoms with Crippen LogP contribution in [0.25, 0.3) is 0 Å². The van der Waals surface area contributed by atoms with Crippen LogP contribution in [-0.4, -0.2) is 39.4 Å². The molecule has 144 valence electrons. The van der Waals surface area contributed by atoms with Gasteiger partial charge in [0.15, 0.2) is 0 Å². The second-order valence-electron chi connectivity index (χ2n) is 7.15. The van der Waals surface area contributed by atoms with Crippen LogP contribution in [0.3, 0.4) is 0 Å². The molecule has 0 bridgehead atoms. The molecule has 2 atom stereocenters. The molecule has 1 aliphatic carbocycles. The average molecular weight is 386 g/mol. The van der Waals surface area contributed by atoms with Crippen LogP contribution < -0.4 is 4.72 Å². The predicted octanol–water partition coefficient (Wildman–Crippen LogP) is 3.39. The van der Waals surface area contributed by atoms with E-state index in [1.807, 2.05) is 44.1 Å². The molecular formula is C21H27N3O2S. The zero-order valence-corrected chi connectivity index (χ0v) is 16.9. The van der Waals surface area contributed by atoms with Crippen molar-refractivity contribution in [3.63, 3.8) is 0 Å². The van der Waals surface area contributed by atoms with Gasteiger partial charge >= 0.3 is 0 Å². The Kier molecular flexibility index (Phi) is 5.97. The van der Waals surface area contributed by atoms with Crippen molar-refractivity contribution < 1.29 is 8.42 Å². The highest BCUT2D eigenvalue weighted by atomic mass is 32.2. The third-order valence-corrected chi connectivity index (χ3v) is 6.54. The molecule has 5 nitrogen and oxygen atoms in total. The Morgan fingerprint density at radius 3 is 2.48 bits per heavy atom. The van der Waals surface area contributed by atoms with Crippen LogP contribution in [0.5, 0.6) is 0 Å². The van der Waals surface area contributed by atoms with E-state index in [0.29, 0.717) is 0 Å². The van der Waals surface area contributed by atoms with Crippen molar-refractivity contribution in [2.75, 3.05) is 14.1 Å². The molecule has 0 saturated carbocycles. The molecule has 2 aromatic carbocycles. The van der Waals surface area contributed by atoms with E-state index < -0.39 is 16.2 Å². The first-order valence-electron chi connectivity index (χ1n) is 9.25. The van der Waals surface area contributed by atoms with Gasteiger partial charge in [-0.1, -0.05) is 42.5 Å². The van der Waals surface area contributed by atoms with Crippen LogP contribution in [0.15, 0.2) is 64.5 Å². The number of fused-ring (bicyclic) bond motifs is 1. The molecule has 1 N–H and O–H groups in total. The van der Waals surface area contributed by atoms with Crippen molar-refractivity contribution in [3.05, 3.63) is 65.7 Å². The largest absolute Gasteiger partial charge is 0.367 e. The Morgan fingerprint density at radius 2 is 1.78 bits per heavy atom. The van der Waals surface area contributed by atoms with Gasteiger partial charge in [0.25, 0.3) is 0 Å². The van der Waals surface area contributed by atoms with Gasteiger partial charge in [0, 0.05) is 20.0 Å². The summed E-state index contributed by atoms with van der Waals surface area (Å²) in [6.45, 7) is 1.90. The van der Waals surface area contributed by atoms with Gasteiger partial charge in [-0.05, 0) is 49.4 Å². The number of aliphatic imine (C=N–C) groups is 1. The summed E-state index contributed by atoms with van der Waals surface area (Å²) in [7, 11) is 0.168. The van der Waals surface area contributed by atoms with E-state index in [0.717, 1.165) is 25.1 Å². The molecule has 27 heavy (non-hydrogen) atoms. The Hall–Kier alpha value is -2.18. The van der Waals surface area contributed by atoms with Gasteiger partial charge in [-0.3, -0.25) is 4.99 Å². The molecule has 1 aliphatic rings. The van der Waals surface area contributed by atoms with Crippen molar-refractivity contribution >= 4 is 15.9 Å². The molecule has 0 amide bonds. The van der Waals surface area contributed by atoms with E-state index in [-0.39, 0.29) is 10.8 Å². The Morgan fingerprint density at radius 1 is 1.11 bits per heavy atom. The first-order chi connectivity index (χ1) is 12.9. The van der Waals surface area contributed by atoms with Gasteiger partial charge in [-0.15, -0.1) is 0 Å². The quantitative estimate of drug-likeness (QED) is 0.634. The number of sulfonamides is 1. The summed E-state index contributed by atoms with van der Waals surface area (Å²) in [5.41, 5.74) is 2.48. The maximum Gasteiger partial charge on any atom is 0.242 e. The average Bonchev–Trinajstić information content (AvgIpc) is 2.67. The molecule has 0 heterocycles. The normalized spacial score (nSPS) is 18.6. The molecule has 2 unspecified atom stereocenters. The van der Waals surface area contributed by atoms with Crippen LogP contribution in [0.4, 0.5) is 0 Å². The molecule has 2 aromatic rings. The van der Waals surface area contributed by atoms with Crippen LogP contribution >= 0.6 is 0 Å². The summed E-state index contributed by atoms with van der Waals surface area (Å²) < 4.78 is 28.8. The van der Waals surface area contributed by atoms with Crippen LogP contribution in [0.1, 0.15) is 36.8 Å². The van der Waals surface area contributed by atoms with E-state index in [2.05, 4.69) is 16.9 Å². The van der Waals surface area contributed by atoms with Gasteiger partial charge in [-0.25, -0.2) is 8.42 Å². The number of rotatable bonds is 5. The van der Waals surface area contributed by atoms with Gasteiger partial charge in [0.1, 0.15) is 6.17 Å². The second kappa shape index (κ2) is 8.23. The third-order valence-electron chi connectivity index (χ3n) is 5.10. The van der Waals surface area contributed by atoms with Crippen molar-refractivity contribution in [2.24, 2.45) is 4.99 Å². The highest BCUT2D eigenvalue weighted by Gasteiger charge is 2.31. The third kappa shape index (κ3) is 4.57. The molecule has 0 aromatic heterocycles. The summed E-state index contributed by atoms with van der Waals surface area (Å²) in [6.07, 6.45) is 2.42. The van der Waals surface area contributed by atoms with Gasteiger partial charge in [0.2, 0.25) is 10.0 Å². The van der Waals surface area contributed by atoms with Crippen LogP contribution in [0, 0.1) is 0 Å². The van der Waals surface area contributed by atoms with Crippen molar-refractivity contribution in [3.8, 4) is 0 Å². The SMILES string of the molecule is CC(=NC(NS(=O)(=O)c1ccccc1)C1CCCc2ccccc21)N(C)C. The lowest BCUT2D eigenvalue weighted by Crippen LogP contribution is -2.40. The molecule has 6 heteroatoms. The van der Waals surface area contributed by atoms with Gasteiger partial charge in [0.05, 0.1) is 10.7 Å². The lowest BCUT2D eigenvalue weighted by Gasteiger charge is -2.31. The summed E-state index contributed by atoms with van der Waals surface area (Å²) in [5, 5.41) is 0. The first kappa shape index (κ1) is 19.6. The zero-order valence-electron chi connectivity index (χ0n) is 16.1. The fourth-order valence-corrected chi connectivity index (χ4v) is 4.65. The monoisotopic (exact) mass is 385 g/mol. The molecule has 0 saturated heterocycles. The number of nitrogens with one attached hydrogen (secondary N) is 1. The molecule has 0 fully saturated rings. The van der Waals surface area contributed by atoms with E-state index in [4.69, 9.17) is 4.99 Å². The van der Waals surface area contributed by atoms with Crippen LogP contribution in [0.2, 0.25) is 0 Å². The van der Waals surface area contributed by atoms with Gasteiger partial charge < -0.3 is 4.90 Å². The molecule has 0 aliphatic heterocycles. The zero-order chi connectivity index (χ0) is 19.4. The first-order valence-corrected chi connectivity index (χ1v) is 10.7. The van der Waals surface area contributed by atoms with Crippen molar-refractivity contribution in [1.82, 2.24) is 9.62 Å². The molecular weight excluding hydrogens is 358 g/mol. The Bertz CT molecular complexity index is 908. The van der Waals surface area contributed by atoms with Crippen molar-refractivity contribution in [2.45, 2.75) is 43.2 Å². The Balaban J connectivity index is 1.99. The minimum absolute atomic E-state index is 0.0170. The molecule has 0 spiro atoms. The standard InChI is InChI=1S/C21H27N3O2S/c1-16(24(2)3)22-21(23-27(25,26)18-12-5-4-6-13-18)20-15-9-11-17-10-7-8-14-19(17)20/h4-8,10,12-14,20-21,23H,9,11,15H2,1-3H3. The predicted molar refractivity (Wildman–Crippen MR) is 109 cm³/mol. The summed E-state index contributed by atoms with van der Waals surface area (Å²) in [6, 6.07) is 16.8. The topological polar surface area (TPSA) is 61.8 Å². The number of aryl methyl sites for hydroxylation is 1. The second-order valence-corrected chi connectivity index (χ2v) is 8.86. The van der Waals surface area contributed by atoms with E-state index >= 15 is 0 Å². The summed E-state index contributed by atoms with van der Waals surface area (Å²) >= 11 is 0. The summed E-state index contributed by atoms with van der Waals surface area (Å²) in [5.74, 6) is 0.808. The minimum Gasteiger partial charge on any atom is -0.367 e. The number of hydrogen-bond acceptors (Lipinski definition) is 3. The van der Waals surface area contributed by atoms with E-state index in [1.165, 1.54) is 11.1 Å². The summed E-state index contributed by atoms with van der Waals surface area (Å²) in [4.78, 5) is 6.92. The van der Waals surface area contributed by atoms with Gasteiger partial charge in [-0.2, -0.15) is 4.72 Å². The lowest BCUT2D eigenvalue weighted by atomic mass is 9.81. The molecule has 3 rings (SSSR count). The highest BCUT2D eigenvalue weighted by Crippen LogP contribution is 2.35. The minimum atomic E-state index is -3.66. The van der Waals surface area contributed by atoms with Crippen LogP contribution in [-0.2, 0) is 16.4 Å². The Labute approximate surface area is 162 Å². The number of nitrogens with zero attached hydrogens (tertiary/aromatic N) is 2. The molecule has 0 radical (unpaired) electrons. The van der Waals surface area contributed by atoms with E-state index in [9.17, 15) is 8.42 Å². The highest BCUT2D eigenvalue weighted by molar-refractivity contribution is 7.89. The fraction of sp³-hybridized carbons (Fsp3) is 0.381. The number of hydrogen-bond donors (Lipinski definition) is 1. The van der Waals surface area contributed by atoms with Crippen molar-refractivity contribution in [1.29, 1.82) is 0 Å². The lowest BCUT2D eigenvalue weighted by molar-refractivity contribution is 0.436.